The number of halogens is 3. The van der Waals surface area contributed by atoms with E-state index in [0.717, 1.165) is 30.2 Å². The number of aromatic nitrogens is 2. The molecule has 1 heterocycles. The predicted octanol–water partition coefficient (Wildman–Crippen LogP) is 3.58. The zero-order valence-electron chi connectivity index (χ0n) is 11.2. The Labute approximate surface area is 114 Å². The molecule has 0 aliphatic heterocycles. The van der Waals surface area contributed by atoms with Crippen LogP contribution in [-0.4, -0.2) is 22.1 Å². The molecule has 1 aliphatic rings. The van der Waals surface area contributed by atoms with Gasteiger partial charge in [-0.25, -0.2) is 9.78 Å². The van der Waals surface area contributed by atoms with Crippen molar-refractivity contribution < 1.29 is 22.7 Å². The summed E-state index contributed by atoms with van der Waals surface area (Å²) in [5, 5.41) is 0. The summed E-state index contributed by atoms with van der Waals surface area (Å²) in [5.41, 5.74) is -1.62. The number of ether oxygens (including phenoxy) is 1. The lowest BCUT2D eigenvalue weighted by Crippen LogP contribution is -2.22. The maximum Gasteiger partial charge on any atom is 0.433 e. The Hall–Kier alpha value is -1.53. The average molecular weight is 290 g/mol. The lowest BCUT2D eigenvalue weighted by atomic mass is 9.95. The minimum Gasteiger partial charge on any atom is -0.461 e. The highest BCUT2D eigenvalue weighted by Gasteiger charge is 2.42. The summed E-state index contributed by atoms with van der Waals surface area (Å²) < 4.78 is 45.4. The Morgan fingerprint density at radius 1 is 1.40 bits per heavy atom. The molecule has 0 saturated heterocycles. The molecule has 0 spiro atoms. The average Bonchev–Trinajstić information content (AvgIpc) is 2.84. The van der Waals surface area contributed by atoms with Crippen LogP contribution in [0.1, 0.15) is 61.3 Å². The fourth-order valence-electron chi connectivity index (χ4n) is 2.63. The molecular formula is C13H17F3N2O2. The van der Waals surface area contributed by atoms with Crippen molar-refractivity contribution in [3.05, 3.63) is 17.7 Å². The van der Waals surface area contributed by atoms with E-state index in [2.05, 4.69) is 9.72 Å². The number of rotatable bonds is 3. The van der Waals surface area contributed by atoms with Gasteiger partial charge in [-0.05, 0) is 19.8 Å². The van der Waals surface area contributed by atoms with Crippen molar-refractivity contribution in [2.24, 2.45) is 0 Å². The Morgan fingerprint density at radius 2 is 2.05 bits per heavy atom. The van der Waals surface area contributed by atoms with Gasteiger partial charge in [-0.1, -0.05) is 19.3 Å². The Balaban J connectivity index is 2.39. The minimum atomic E-state index is -4.62. The quantitative estimate of drug-likeness (QED) is 0.799. The molecule has 1 aromatic rings. The molecule has 2 rings (SSSR count). The van der Waals surface area contributed by atoms with Crippen molar-refractivity contribution >= 4 is 5.97 Å². The third-order valence-electron chi connectivity index (χ3n) is 3.50. The molecule has 7 heteroatoms. The van der Waals surface area contributed by atoms with Gasteiger partial charge in [0.25, 0.3) is 0 Å². The van der Waals surface area contributed by atoms with Crippen LogP contribution in [0.15, 0.2) is 6.33 Å². The van der Waals surface area contributed by atoms with Crippen LogP contribution in [0.5, 0.6) is 0 Å². The number of carbonyl (C=O) groups is 1. The number of imidazole rings is 1. The van der Waals surface area contributed by atoms with Crippen molar-refractivity contribution in [2.45, 2.75) is 51.2 Å². The highest BCUT2D eigenvalue weighted by atomic mass is 19.4. The topological polar surface area (TPSA) is 44.1 Å². The minimum absolute atomic E-state index is 0.0203. The molecule has 0 radical (unpaired) electrons. The van der Waals surface area contributed by atoms with Crippen LogP contribution in [0, 0.1) is 0 Å². The van der Waals surface area contributed by atoms with Gasteiger partial charge in [0.2, 0.25) is 0 Å². The van der Waals surface area contributed by atoms with Gasteiger partial charge in [0.05, 0.1) is 12.9 Å². The zero-order chi connectivity index (χ0) is 14.8. The fourth-order valence-corrected chi connectivity index (χ4v) is 2.63. The van der Waals surface area contributed by atoms with Gasteiger partial charge in [-0.15, -0.1) is 0 Å². The first kappa shape index (κ1) is 14.9. The summed E-state index contributed by atoms with van der Waals surface area (Å²) >= 11 is 0. The Morgan fingerprint density at radius 3 is 2.60 bits per heavy atom. The fraction of sp³-hybridized carbons (Fsp3) is 0.692. The lowest BCUT2D eigenvalue weighted by Gasteiger charge is -2.25. The second-order valence-corrected chi connectivity index (χ2v) is 4.86. The normalized spacial score (nSPS) is 17.2. The molecule has 20 heavy (non-hydrogen) atoms. The van der Waals surface area contributed by atoms with Crippen molar-refractivity contribution in [3.8, 4) is 0 Å². The Kier molecular flexibility index (Phi) is 4.35. The molecule has 1 aliphatic carbocycles. The van der Waals surface area contributed by atoms with Crippen LogP contribution in [0.2, 0.25) is 0 Å². The maximum absolute atomic E-state index is 13.2. The van der Waals surface area contributed by atoms with Crippen molar-refractivity contribution in [2.75, 3.05) is 6.61 Å². The third-order valence-corrected chi connectivity index (χ3v) is 3.50. The van der Waals surface area contributed by atoms with E-state index in [9.17, 15) is 18.0 Å². The van der Waals surface area contributed by atoms with Crippen LogP contribution >= 0.6 is 0 Å². The van der Waals surface area contributed by atoms with Crippen LogP contribution in [0.4, 0.5) is 13.2 Å². The van der Waals surface area contributed by atoms with Crippen LogP contribution in [0.25, 0.3) is 0 Å². The number of esters is 1. The molecule has 1 fully saturated rings. The molecular weight excluding hydrogens is 273 g/mol. The number of hydrogen-bond acceptors (Lipinski definition) is 3. The lowest BCUT2D eigenvalue weighted by molar-refractivity contribution is -0.145. The smallest absolute Gasteiger partial charge is 0.433 e. The van der Waals surface area contributed by atoms with Crippen molar-refractivity contribution in [3.63, 3.8) is 0 Å². The van der Waals surface area contributed by atoms with E-state index < -0.39 is 23.5 Å². The number of alkyl halides is 3. The number of hydrogen-bond donors (Lipinski definition) is 0. The number of carbonyl (C=O) groups excluding carboxylic acids is 1. The van der Waals surface area contributed by atoms with E-state index in [1.807, 2.05) is 0 Å². The van der Waals surface area contributed by atoms with Crippen LogP contribution in [-0.2, 0) is 10.9 Å². The SMILES string of the molecule is CCOC(=O)c1ncn(C2CCCCC2)c1C(F)(F)F. The molecule has 0 N–H and O–H groups in total. The molecule has 1 saturated carbocycles. The van der Waals surface area contributed by atoms with Crippen LogP contribution in [0.3, 0.4) is 0 Å². The third kappa shape index (κ3) is 2.96. The van der Waals surface area contributed by atoms with Crippen LogP contribution < -0.4 is 0 Å². The van der Waals surface area contributed by atoms with Crippen molar-refractivity contribution in [1.82, 2.24) is 9.55 Å². The van der Waals surface area contributed by atoms with Gasteiger partial charge in [0.15, 0.2) is 11.4 Å². The number of nitrogens with zero attached hydrogens (tertiary/aromatic N) is 2. The highest BCUT2D eigenvalue weighted by molar-refractivity contribution is 5.88. The van der Waals surface area contributed by atoms with Gasteiger partial charge in [-0.3, -0.25) is 0 Å². The van der Waals surface area contributed by atoms with E-state index in [4.69, 9.17) is 0 Å². The summed E-state index contributed by atoms with van der Waals surface area (Å²) in [6.07, 6.45) is 0.700. The highest BCUT2D eigenvalue weighted by Crippen LogP contribution is 2.37. The molecule has 0 bridgehead atoms. The van der Waals surface area contributed by atoms with Gasteiger partial charge in [-0.2, -0.15) is 13.2 Å². The molecule has 0 amide bonds. The molecule has 0 atom stereocenters. The molecule has 0 aromatic carbocycles. The van der Waals surface area contributed by atoms with E-state index in [-0.39, 0.29) is 12.6 Å². The van der Waals surface area contributed by atoms with E-state index in [1.165, 1.54) is 0 Å². The summed E-state index contributed by atoms with van der Waals surface area (Å²) in [4.78, 5) is 15.3. The Bertz CT molecular complexity index is 476. The summed E-state index contributed by atoms with van der Waals surface area (Å²) in [5.74, 6) is -1.02. The first-order valence-electron chi connectivity index (χ1n) is 6.76. The summed E-state index contributed by atoms with van der Waals surface area (Å²) in [6, 6.07) is -0.240. The van der Waals surface area contributed by atoms with Crippen molar-refractivity contribution in [1.29, 1.82) is 0 Å². The largest absolute Gasteiger partial charge is 0.461 e. The molecule has 1 aromatic heterocycles. The molecule has 4 nitrogen and oxygen atoms in total. The van der Waals surface area contributed by atoms with E-state index in [0.29, 0.717) is 12.8 Å². The second-order valence-electron chi connectivity index (χ2n) is 4.86. The molecule has 0 unspecified atom stereocenters. The van der Waals surface area contributed by atoms with Gasteiger partial charge in [0.1, 0.15) is 0 Å². The summed E-state index contributed by atoms with van der Waals surface area (Å²) in [6.45, 7) is 1.57. The van der Waals surface area contributed by atoms with Gasteiger partial charge in [0, 0.05) is 6.04 Å². The first-order valence-corrected chi connectivity index (χ1v) is 6.76. The predicted molar refractivity (Wildman–Crippen MR) is 65.3 cm³/mol. The van der Waals surface area contributed by atoms with E-state index >= 15 is 0 Å². The first-order chi connectivity index (χ1) is 9.45. The maximum atomic E-state index is 13.2. The van der Waals surface area contributed by atoms with Gasteiger partial charge >= 0.3 is 12.1 Å². The summed E-state index contributed by atoms with van der Waals surface area (Å²) in [7, 11) is 0. The monoisotopic (exact) mass is 290 g/mol. The molecule has 112 valence electrons. The van der Waals surface area contributed by atoms with E-state index in [1.54, 1.807) is 6.92 Å². The zero-order valence-corrected chi connectivity index (χ0v) is 11.2. The standard InChI is InChI=1S/C13H17F3N2O2/c1-2-20-12(19)10-11(13(14,15)16)18(8-17-10)9-6-4-3-5-7-9/h8-9H,2-7H2,1H3. The second kappa shape index (κ2) is 5.85. The van der Waals surface area contributed by atoms with Gasteiger partial charge < -0.3 is 9.30 Å².